The molecule has 1 aliphatic heterocycles. The van der Waals surface area contributed by atoms with Crippen LogP contribution in [0.4, 0.5) is 4.39 Å². The van der Waals surface area contributed by atoms with Crippen molar-refractivity contribution in [3.05, 3.63) is 68.4 Å². The van der Waals surface area contributed by atoms with E-state index in [0.29, 0.717) is 45.2 Å². The molecule has 12 nitrogen and oxygen atoms in total. The minimum Gasteiger partial charge on any atom is -0.496 e. The van der Waals surface area contributed by atoms with E-state index >= 15 is 0 Å². The van der Waals surface area contributed by atoms with E-state index in [-0.39, 0.29) is 31.5 Å². The Hall–Kier alpha value is -3.88. The summed E-state index contributed by atoms with van der Waals surface area (Å²) in [6, 6.07) is 4.20. The van der Waals surface area contributed by atoms with Crippen molar-refractivity contribution in [1.29, 1.82) is 0 Å². The first-order valence-electron chi connectivity index (χ1n) is 14.2. The summed E-state index contributed by atoms with van der Waals surface area (Å²) in [5, 5.41) is 18.1. The zero-order chi connectivity index (χ0) is 31.1. The van der Waals surface area contributed by atoms with Crippen LogP contribution in [0.5, 0.6) is 5.75 Å². The van der Waals surface area contributed by atoms with Crippen LogP contribution in [0, 0.1) is 12.7 Å². The summed E-state index contributed by atoms with van der Waals surface area (Å²) in [5.41, 5.74) is 0.0425. The van der Waals surface area contributed by atoms with E-state index < -0.39 is 17.1 Å². The molecule has 0 atom stereocenters. The molecule has 43 heavy (non-hydrogen) atoms. The lowest BCUT2D eigenvalue weighted by atomic mass is 10.1. The minimum atomic E-state index is -0.607. The van der Waals surface area contributed by atoms with E-state index in [1.165, 1.54) is 58.4 Å². The Balaban J connectivity index is 0.000000530. The molecular formula is C29H37FN6O6S. The van der Waals surface area contributed by atoms with Crippen LogP contribution in [-0.4, -0.2) is 79.6 Å². The molecule has 0 aliphatic carbocycles. The maximum Gasteiger partial charge on any atom is 0.332 e. The van der Waals surface area contributed by atoms with Crippen molar-refractivity contribution >= 4 is 27.5 Å². The summed E-state index contributed by atoms with van der Waals surface area (Å²) >= 11 is 1.21. The van der Waals surface area contributed by atoms with Crippen molar-refractivity contribution in [3.8, 4) is 10.8 Å². The number of fused-ring (bicyclic) bond motifs is 1. The SMILES string of the molecule is CCN(CC)C(=O)Cn1c(=O)c2c(C)c(-n3nccn3)sc2n(CCc2cc(F)ccc2OC)c1=O.OC1CCOCC1. The van der Waals surface area contributed by atoms with Crippen molar-refractivity contribution in [1.82, 2.24) is 29.0 Å². The lowest BCUT2D eigenvalue weighted by molar-refractivity contribution is -0.131. The normalized spacial score (nSPS) is 13.5. The number of nitrogens with zero attached hydrogens (tertiary/aromatic N) is 6. The highest BCUT2D eigenvalue weighted by Crippen LogP contribution is 2.30. The summed E-state index contributed by atoms with van der Waals surface area (Å²) in [4.78, 5) is 43.4. The molecule has 1 fully saturated rings. The molecule has 1 N–H and O–H groups in total. The highest BCUT2D eigenvalue weighted by Gasteiger charge is 2.23. The van der Waals surface area contributed by atoms with Crippen LogP contribution in [-0.2, 0) is 29.0 Å². The number of carbonyl (C=O) groups excluding carboxylic acids is 1. The zero-order valence-electron chi connectivity index (χ0n) is 24.8. The second-order valence-corrected chi connectivity index (χ2v) is 10.9. The Morgan fingerprint density at radius 3 is 2.42 bits per heavy atom. The van der Waals surface area contributed by atoms with E-state index in [0.717, 1.165) is 30.6 Å². The van der Waals surface area contributed by atoms with Crippen LogP contribution < -0.4 is 16.0 Å². The molecule has 0 unspecified atom stereocenters. The van der Waals surface area contributed by atoms with Gasteiger partial charge >= 0.3 is 5.69 Å². The first kappa shape index (κ1) is 32.0. The lowest BCUT2D eigenvalue weighted by Gasteiger charge is -2.19. The average Bonchev–Trinajstić information content (AvgIpc) is 3.65. The largest absolute Gasteiger partial charge is 0.496 e. The number of halogens is 1. The molecule has 0 saturated carbocycles. The molecule has 1 aliphatic rings. The summed E-state index contributed by atoms with van der Waals surface area (Å²) in [7, 11) is 1.49. The number of hydrogen-bond acceptors (Lipinski definition) is 9. The third kappa shape index (κ3) is 7.20. The molecule has 0 spiro atoms. The van der Waals surface area contributed by atoms with Crippen LogP contribution in [0.2, 0.25) is 0 Å². The maximum absolute atomic E-state index is 13.9. The number of aromatic nitrogens is 5. The van der Waals surface area contributed by atoms with Crippen molar-refractivity contribution in [3.63, 3.8) is 0 Å². The zero-order valence-corrected chi connectivity index (χ0v) is 25.6. The Labute approximate surface area is 251 Å². The molecule has 0 bridgehead atoms. The van der Waals surface area contributed by atoms with Crippen LogP contribution >= 0.6 is 11.3 Å². The second kappa shape index (κ2) is 14.5. The van der Waals surface area contributed by atoms with Gasteiger partial charge in [0.15, 0.2) is 0 Å². The quantitative estimate of drug-likeness (QED) is 0.303. The first-order valence-corrected chi connectivity index (χ1v) is 15.0. The molecule has 0 radical (unpaired) electrons. The fourth-order valence-electron chi connectivity index (χ4n) is 4.90. The third-order valence-corrected chi connectivity index (χ3v) is 8.60. The number of hydrogen-bond donors (Lipinski definition) is 1. The monoisotopic (exact) mass is 616 g/mol. The fourth-order valence-corrected chi connectivity index (χ4v) is 6.14. The number of carbonyl (C=O) groups is 1. The molecule has 14 heteroatoms. The van der Waals surface area contributed by atoms with Gasteiger partial charge in [0.05, 0.1) is 31.0 Å². The van der Waals surface area contributed by atoms with Gasteiger partial charge in [-0.15, -0.1) is 4.80 Å². The van der Waals surface area contributed by atoms with E-state index in [1.807, 2.05) is 13.8 Å². The van der Waals surface area contributed by atoms with Gasteiger partial charge < -0.3 is 19.5 Å². The Kier molecular flexibility index (Phi) is 10.8. The van der Waals surface area contributed by atoms with Gasteiger partial charge in [-0.2, -0.15) is 10.2 Å². The number of aliphatic hydroxyl groups is 1. The summed E-state index contributed by atoms with van der Waals surface area (Å²) in [6.07, 6.45) is 4.86. The van der Waals surface area contributed by atoms with Crippen LogP contribution in [0.1, 0.15) is 37.8 Å². The second-order valence-electron chi connectivity index (χ2n) is 9.97. The van der Waals surface area contributed by atoms with Crippen LogP contribution in [0.3, 0.4) is 0 Å². The van der Waals surface area contributed by atoms with Crippen LogP contribution in [0.15, 0.2) is 40.2 Å². The fraction of sp³-hybridized carbons (Fsp3) is 0.483. The number of aryl methyl sites for hydroxylation is 3. The predicted molar refractivity (Wildman–Crippen MR) is 161 cm³/mol. The van der Waals surface area contributed by atoms with Crippen LogP contribution in [0.25, 0.3) is 15.2 Å². The highest BCUT2D eigenvalue weighted by atomic mass is 32.1. The third-order valence-electron chi connectivity index (χ3n) is 7.32. The van der Waals surface area contributed by atoms with Crippen molar-refractivity contribution < 1.29 is 23.8 Å². The number of amides is 1. The van der Waals surface area contributed by atoms with Crippen molar-refractivity contribution in [2.24, 2.45) is 0 Å². The van der Waals surface area contributed by atoms with E-state index in [9.17, 15) is 18.8 Å². The summed E-state index contributed by atoms with van der Waals surface area (Å²) in [6.45, 7) is 7.61. The number of rotatable bonds is 9. The van der Waals surface area contributed by atoms with Gasteiger partial charge in [-0.1, -0.05) is 11.3 Å². The predicted octanol–water partition coefficient (Wildman–Crippen LogP) is 2.53. The lowest BCUT2D eigenvalue weighted by Crippen LogP contribution is -2.45. The number of aliphatic hydroxyl groups excluding tert-OH is 1. The highest BCUT2D eigenvalue weighted by molar-refractivity contribution is 7.21. The first-order chi connectivity index (χ1) is 20.7. The minimum absolute atomic E-state index is 0.0891. The number of thiophene rings is 1. The van der Waals surface area contributed by atoms with Crippen molar-refractivity contribution in [2.75, 3.05) is 33.4 Å². The Morgan fingerprint density at radius 1 is 1.16 bits per heavy atom. The molecule has 232 valence electrons. The molecule has 4 aromatic rings. The number of benzene rings is 1. The summed E-state index contributed by atoms with van der Waals surface area (Å²) in [5.74, 6) is -0.245. The van der Waals surface area contributed by atoms with Gasteiger partial charge in [0.1, 0.15) is 27.9 Å². The number of ether oxygens (including phenoxy) is 2. The van der Waals surface area contributed by atoms with E-state index in [4.69, 9.17) is 14.6 Å². The smallest absolute Gasteiger partial charge is 0.332 e. The molecule has 1 aromatic carbocycles. The molecule has 1 amide bonds. The van der Waals surface area contributed by atoms with Gasteiger partial charge in [-0.3, -0.25) is 18.7 Å². The molecule has 3 aromatic heterocycles. The molecule has 5 rings (SSSR count). The van der Waals surface area contributed by atoms with E-state index in [1.54, 1.807) is 11.8 Å². The van der Waals surface area contributed by atoms with Crippen molar-refractivity contribution in [2.45, 2.75) is 59.2 Å². The summed E-state index contributed by atoms with van der Waals surface area (Å²) < 4.78 is 26.7. The number of methoxy groups -OCH3 is 1. The van der Waals surface area contributed by atoms with Gasteiger partial charge in [-0.25, -0.2) is 9.18 Å². The van der Waals surface area contributed by atoms with E-state index in [2.05, 4.69) is 10.2 Å². The Bertz CT molecular complexity index is 1650. The van der Waals surface area contributed by atoms with Gasteiger partial charge in [0.25, 0.3) is 5.56 Å². The topological polar surface area (TPSA) is 134 Å². The van der Waals surface area contributed by atoms with Gasteiger partial charge in [0.2, 0.25) is 5.91 Å². The molecule has 1 saturated heterocycles. The van der Waals surface area contributed by atoms with Gasteiger partial charge in [-0.05, 0) is 63.8 Å². The molecule has 4 heterocycles. The maximum atomic E-state index is 13.9. The average molecular weight is 617 g/mol. The van der Waals surface area contributed by atoms with Gasteiger partial charge in [0, 0.05) is 38.4 Å². The number of likely N-dealkylation sites (N-methyl/N-ethyl adjacent to an activating group) is 1. The Morgan fingerprint density at radius 2 is 1.84 bits per heavy atom. The molecular weight excluding hydrogens is 579 g/mol. The standard InChI is InChI=1S/C24H27FN6O4S.C5H10O2/c1-5-28(6-2)19(32)14-30-21(33)20-15(3)22(31-26-10-11-27-31)36-23(20)29(24(30)34)12-9-16-13-17(25)7-8-18(16)35-4;6-5-1-3-7-4-2-5/h7-8,10-11,13H,5-6,9,12,14H2,1-4H3;5-6H,1-4H2.